The number of aromatic nitrogens is 1. The lowest BCUT2D eigenvalue weighted by molar-refractivity contribution is -0.155. The molecular weight excluding hydrogens is 424 g/mol. The van der Waals surface area contributed by atoms with Crippen molar-refractivity contribution in [3.8, 4) is 17.0 Å². The van der Waals surface area contributed by atoms with Gasteiger partial charge in [-0.15, -0.1) is 0 Å². The van der Waals surface area contributed by atoms with E-state index in [1.165, 1.54) is 24.1 Å². The molecule has 1 unspecified atom stereocenters. The number of unbranched alkanes of at least 4 members (excludes halogenated alkanes) is 2. The largest absolute Gasteiger partial charge is 0.473 e. The smallest absolute Gasteiger partial charge is 0.333 e. The second-order valence-corrected chi connectivity index (χ2v) is 10.00. The second kappa shape index (κ2) is 10.5. The number of carbonyl (C=O) groups is 1. The lowest BCUT2D eigenvalue weighted by Gasteiger charge is -2.34. The average Bonchev–Trinajstić information content (AvgIpc) is 3.11. The lowest BCUT2D eigenvalue weighted by Crippen LogP contribution is -2.49. The molecule has 34 heavy (non-hydrogen) atoms. The maximum Gasteiger partial charge on any atom is 0.333 e. The molecule has 2 aromatic carbocycles. The third kappa shape index (κ3) is 6.51. The van der Waals surface area contributed by atoms with E-state index in [0.29, 0.717) is 17.7 Å². The molecule has 0 aliphatic rings. The Morgan fingerprint density at radius 2 is 1.76 bits per heavy atom. The third-order valence-corrected chi connectivity index (χ3v) is 5.78. The summed E-state index contributed by atoms with van der Waals surface area (Å²) in [5, 5.41) is 1.16. The molecule has 5 heteroatoms. The second-order valence-electron chi connectivity index (χ2n) is 10.00. The highest BCUT2D eigenvalue weighted by molar-refractivity contribution is 5.88. The Morgan fingerprint density at radius 1 is 1.06 bits per heavy atom. The van der Waals surface area contributed by atoms with Crippen molar-refractivity contribution >= 4 is 16.9 Å². The van der Waals surface area contributed by atoms with E-state index in [4.69, 9.17) is 15.2 Å². The summed E-state index contributed by atoms with van der Waals surface area (Å²) in [6.07, 6.45) is 3.79. The number of hydrogen-bond donors (Lipinski definition) is 1. The van der Waals surface area contributed by atoms with Crippen molar-refractivity contribution in [3.63, 3.8) is 0 Å². The quantitative estimate of drug-likeness (QED) is 0.147. The van der Waals surface area contributed by atoms with Crippen LogP contribution in [-0.4, -0.2) is 21.9 Å². The van der Waals surface area contributed by atoms with Crippen LogP contribution >= 0.6 is 0 Å². The predicted octanol–water partition coefficient (Wildman–Crippen LogP) is 6.84. The standard InChI is InChI=1S/C29H38N2O3/c1-7-8-12-17-31-25(22-13-10-9-11-14-22)18-23-15-16-24(19-26(23)31)33-29(6,30)20-28(4,5)34-27(32)21(2)3/h9-11,13-16,18-19H,2,7-8,12,17,20,30H2,1,3-6H3. The normalized spacial score (nSPS) is 13.5. The van der Waals surface area contributed by atoms with Gasteiger partial charge >= 0.3 is 5.97 Å². The highest BCUT2D eigenvalue weighted by Crippen LogP contribution is 2.33. The monoisotopic (exact) mass is 462 g/mol. The first-order valence-corrected chi connectivity index (χ1v) is 12.1. The number of carbonyl (C=O) groups excluding carboxylic acids is 1. The molecule has 1 heterocycles. The van der Waals surface area contributed by atoms with Gasteiger partial charge in [0.2, 0.25) is 0 Å². The van der Waals surface area contributed by atoms with Gasteiger partial charge in [0.25, 0.3) is 0 Å². The summed E-state index contributed by atoms with van der Waals surface area (Å²) in [5.41, 5.74) is 8.56. The van der Waals surface area contributed by atoms with Crippen molar-refractivity contribution in [2.45, 2.75) is 78.2 Å². The number of nitrogens with two attached hydrogens (primary N) is 1. The number of hydrogen-bond acceptors (Lipinski definition) is 4. The van der Waals surface area contributed by atoms with Crippen LogP contribution < -0.4 is 10.5 Å². The Labute approximate surface area is 203 Å². The Kier molecular flexibility index (Phi) is 7.88. The minimum Gasteiger partial charge on any atom is -0.473 e. The Morgan fingerprint density at radius 3 is 2.41 bits per heavy atom. The molecule has 2 N–H and O–H groups in total. The zero-order chi connectivity index (χ0) is 24.9. The number of ether oxygens (including phenoxy) is 2. The molecule has 5 nitrogen and oxygen atoms in total. The van der Waals surface area contributed by atoms with Gasteiger partial charge in [-0.3, -0.25) is 5.73 Å². The first-order valence-electron chi connectivity index (χ1n) is 12.1. The molecule has 1 atom stereocenters. The number of aryl methyl sites for hydroxylation is 1. The van der Waals surface area contributed by atoms with Crippen LogP contribution in [0.2, 0.25) is 0 Å². The predicted molar refractivity (Wildman–Crippen MR) is 140 cm³/mol. The van der Waals surface area contributed by atoms with Gasteiger partial charge in [0, 0.05) is 35.7 Å². The molecule has 0 aliphatic carbocycles. The molecule has 0 fully saturated rings. The molecule has 0 bridgehead atoms. The van der Waals surface area contributed by atoms with Crippen LogP contribution in [0.1, 0.15) is 60.3 Å². The van der Waals surface area contributed by atoms with Crippen LogP contribution in [0.5, 0.6) is 5.75 Å². The summed E-state index contributed by atoms with van der Waals surface area (Å²) >= 11 is 0. The van der Waals surface area contributed by atoms with Crippen molar-refractivity contribution < 1.29 is 14.3 Å². The molecule has 3 rings (SSSR count). The van der Waals surface area contributed by atoms with E-state index in [-0.39, 0.29) is 0 Å². The lowest BCUT2D eigenvalue weighted by atomic mass is 9.97. The maximum absolute atomic E-state index is 12.0. The molecule has 3 aromatic rings. The Bertz CT molecular complexity index is 1140. The van der Waals surface area contributed by atoms with Gasteiger partial charge in [0.1, 0.15) is 11.4 Å². The topological polar surface area (TPSA) is 66.5 Å². The van der Waals surface area contributed by atoms with Crippen LogP contribution in [0.25, 0.3) is 22.2 Å². The summed E-state index contributed by atoms with van der Waals surface area (Å²) in [7, 11) is 0. The number of esters is 1. The number of benzene rings is 2. The van der Waals surface area contributed by atoms with Crippen molar-refractivity contribution in [2.75, 3.05) is 0 Å². The molecule has 0 saturated carbocycles. The SMILES string of the molecule is C=C(C)C(=O)OC(C)(C)CC(C)(N)Oc1ccc2cc(-c3ccccc3)n(CCCCC)c2c1. The Hall–Kier alpha value is -3.05. The number of rotatable bonds is 11. The van der Waals surface area contributed by atoms with E-state index in [0.717, 1.165) is 23.9 Å². The zero-order valence-electron chi connectivity index (χ0n) is 21.2. The van der Waals surface area contributed by atoms with Crippen molar-refractivity contribution in [2.24, 2.45) is 5.73 Å². The summed E-state index contributed by atoms with van der Waals surface area (Å²) in [5.74, 6) is 0.259. The van der Waals surface area contributed by atoms with E-state index < -0.39 is 17.3 Å². The number of fused-ring (bicyclic) bond motifs is 1. The van der Waals surface area contributed by atoms with Crippen LogP contribution in [0.15, 0.2) is 66.7 Å². The fourth-order valence-corrected chi connectivity index (χ4v) is 4.43. The first kappa shape index (κ1) is 25.6. The molecule has 0 amide bonds. The summed E-state index contributed by atoms with van der Waals surface area (Å²) in [6, 6.07) is 18.8. The minimum absolute atomic E-state index is 0.323. The zero-order valence-corrected chi connectivity index (χ0v) is 21.2. The van der Waals surface area contributed by atoms with Gasteiger partial charge in [-0.05, 0) is 57.9 Å². The summed E-state index contributed by atoms with van der Waals surface area (Å²) < 4.78 is 14.2. The van der Waals surface area contributed by atoms with E-state index in [2.05, 4.69) is 60.5 Å². The van der Waals surface area contributed by atoms with Gasteiger partial charge in [-0.1, -0.05) is 56.7 Å². The molecular formula is C29H38N2O3. The highest BCUT2D eigenvalue weighted by atomic mass is 16.6. The minimum atomic E-state index is -1.03. The molecule has 0 saturated heterocycles. The molecule has 0 radical (unpaired) electrons. The molecule has 1 aromatic heterocycles. The van der Waals surface area contributed by atoms with Crippen LogP contribution in [0, 0.1) is 0 Å². The molecule has 182 valence electrons. The fourth-order valence-electron chi connectivity index (χ4n) is 4.43. The molecule has 0 aliphatic heterocycles. The Balaban J connectivity index is 1.89. The average molecular weight is 463 g/mol. The van der Waals surface area contributed by atoms with E-state index in [1.54, 1.807) is 6.92 Å². The van der Waals surface area contributed by atoms with Crippen molar-refractivity contribution in [3.05, 3.63) is 66.7 Å². The van der Waals surface area contributed by atoms with Gasteiger partial charge in [0.05, 0.1) is 5.52 Å². The van der Waals surface area contributed by atoms with Crippen LogP contribution in [0.4, 0.5) is 0 Å². The van der Waals surface area contributed by atoms with Gasteiger partial charge in [-0.25, -0.2) is 4.79 Å². The summed E-state index contributed by atoms with van der Waals surface area (Å²) in [4.78, 5) is 12.0. The van der Waals surface area contributed by atoms with E-state index >= 15 is 0 Å². The number of nitrogens with zero attached hydrogens (tertiary/aromatic N) is 1. The van der Waals surface area contributed by atoms with Gasteiger partial charge in [0.15, 0.2) is 5.72 Å². The van der Waals surface area contributed by atoms with Crippen LogP contribution in [-0.2, 0) is 16.1 Å². The third-order valence-electron chi connectivity index (χ3n) is 5.78. The fraction of sp³-hybridized carbons (Fsp3) is 0.414. The van der Waals surface area contributed by atoms with E-state index in [9.17, 15) is 4.79 Å². The van der Waals surface area contributed by atoms with Crippen molar-refractivity contribution in [1.29, 1.82) is 0 Å². The van der Waals surface area contributed by atoms with Crippen molar-refractivity contribution in [1.82, 2.24) is 4.57 Å². The van der Waals surface area contributed by atoms with Gasteiger partial charge in [-0.2, -0.15) is 0 Å². The highest BCUT2D eigenvalue weighted by Gasteiger charge is 2.34. The maximum atomic E-state index is 12.0. The first-order chi connectivity index (χ1) is 16.0. The van der Waals surface area contributed by atoms with Gasteiger partial charge < -0.3 is 14.0 Å². The van der Waals surface area contributed by atoms with E-state index in [1.807, 2.05) is 32.9 Å². The molecule has 0 spiro atoms. The summed E-state index contributed by atoms with van der Waals surface area (Å²) in [6.45, 7) is 13.9. The van der Waals surface area contributed by atoms with Crippen LogP contribution in [0.3, 0.4) is 0 Å².